The highest BCUT2D eigenvalue weighted by molar-refractivity contribution is 5.87. The van der Waals surface area contributed by atoms with Crippen LogP contribution in [0.3, 0.4) is 0 Å². The van der Waals surface area contributed by atoms with Crippen molar-refractivity contribution in [2.24, 2.45) is 16.8 Å². The van der Waals surface area contributed by atoms with Gasteiger partial charge in [-0.1, -0.05) is 55.3 Å². The average molecular weight is 289 g/mol. The smallest absolute Gasteiger partial charge is 0.147 e. The van der Waals surface area contributed by atoms with Gasteiger partial charge in [0.25, 0.3) is 0 Å². The summed E-state index contributed by atoms with van der Waals surface area (Å²) < 4.78 is 0. The van der Waals surface area contributed by atoms with Gasteiger partial charge in [-0.25, -0.2) is 0 Å². The highest BCUT2D eigenvalue weighted by atomic mass is 16.4. The van der Waals surface area contributed by atoms with Gasteiger partial charge in [0.1, 0.15) is 5.84 Å². The zero-order valence-corrected chi connectivity index (χ0v) is 12.9. The molecule has 2 rings (SSSR count). The summed E-state index contributed by atoms with van der Waals surface area (Å²) in [5.74, 6) is 1.15. The van der Waals surface area contributed by atoms with Crippen LogP contribution in [-0.4, -0.2) is 35.6 Å². The van der Waals surface area contributed by atoms with Crippen molar-refractivity contribution in [1.29, 1.82) is 0 Å². The quantitative estimate of drug-likeness (QED) is 0.366. The molecule has 0 aromatic heterocycles. The van der Waals surface area contributed by atoms with Crippen LogP contribution in [0.2, 0.25) is 0 Å². The number of nitrogens with two attached hydrogens (primary N) is 1. The van der Waals surface area contributed by atoms with E-state index in [0.29, 0.717) is 5.84 Å². The molecule has 0 saturated carbocycles. The Morgan fingerprint density at radius 2 is 2.00 bits per heavy atom. The predicted molar refractivity (Wildman–Crippen MR) is 86.7 cm³/mol. The Hall–Kier alpha value is -1.55. The van der Waals surface area contributed by atoms with Crippen LogP contribution < -0.4 is 5.73 Å². The lowest BCUT2D eigenvalue weighted by Gasteiger charge is -2.34. The molecule has 1 aromatic carbocycles. The van der Waals surface area contributed by atoms with Crippen LogP contribution in [0.5, 0.6) is 0 Å². The Labute approximate surface area is 127 Å². The maximum absolute atomic E-state index is 9.05. The third-order valence-electron chi connectivity index (χ3n) is 4.52. The molecule has 1 heterocycles. The van der Waals surface area contributed by atoms with Crippen LogP contribution in [0.15, 0.2) is 35.5 Å². The van der Waals surface area contributed by atoms with Gasteiger partial charge in [0.15, 0.2) is 0 Å². The molecular weight excluding hydrogens is 262 g/mol. The molecule has 0 aliphatic carbocycles. The van der Waals surface area contributed by atoms with Gasteiger partial charge < -0.3 is 15.8 Å². The maximum Gasteiger partial charge on any atom is 0.147 e. The van der Waals surface area contributed by atoms with E-state index in [-0.39, 0.29) is 5.92 Å². The molecule has 0 bridgehead atoms. The minimum atomic E-state index is -0.0288. The van der Waals surface area contributed by atoms with Gasteiger partial charge in [-0.05, 0) is 37.4 Å². The molecule has 1 saturated heterocycles. The van der Waals surface area contributed by atoms with E-state index in [4.69, 9.17) is 10.9 Å². The molecule has 3 N–H and O–H groups in total. The number of rotatable bonds is 6. The third-order valence-corrected chi connectivity index (χ3v) is 4.52. The number of oxime groups is 1. The van der Waals surface area contributed by atoms with E-state index in [0.717, 1.165) is 31.1 Å². The average Bonchev–Trinajstić information content (AvgIpc) is 2.54. The standard InChI is InChI=1S/C17H27N3O/c1-2-6-14-9-11-20(12-10-14)13-16(17(18)19-21)15-7-4-3-5-8-15/h3-5,7-8,14,16,21H,2,6,9-13H2,1H3,(H2,18,19). The summed E-state index contributed by atoms with van der Waals surface area (Å²) in [5, 5.41) is 12.3. The van der Waals surface area contributed by atoms with Crippen LogP contribution in [-0.2, 0) is 0 Å². The Balaban J connectivity index is 1.98. The second kappa shape index (κ2) is 8.03. The van der Waals surface area contributed by atoms with Gasteiger partial charge in [-0.2, -0.15) is 0 Å². The Morgan fingerprint density at radius 1 is 1.33 bits per heavy atom. The van der Waals surface area contributed by atoms with Crippen molar-refractivity contribution < 1.29 is 5.21 Å². The van der Waals surface area contributed by atoms with E-state index in [9.17, 15) is 0 Å². The summed E-state index contributed by atoms with van der Waals surface area (Å²) in [4.78, 5) is 2.45. The molecule has 1 aromatic rings. The van der Waals surface area contributed by atoms with Gasteiger partial charge in [0.05, 0.1) is 5.92 Å². The van der Waals surface area contributed by atoms with Crippen LogP contribution in [0.25, 0.3) is 0 Å². The van der Waals surface area contributed by atoms with Gasteiger partial charge >= 0.3 is 0 Å². The van der Waals surface area contributed by atoms with Crippen LogP contribution in [0.1, 0.15) is 44.1 Å². The van der Waals surface area contributed by atoms with E-state index in [2.05, 4.69) is 17.0 Å². The molecule has 0 spiro atoms. The first-order chi connectivity index (χ1) is 10.2. The Morgan fingerprint density at radius 3 is 2.57 bits per heavy atom. The van der Waals surface area contributed by atoms with Crippen molar-refractivity contribution in [3.8, 4) is 0 Å². The van der Waals surface area contributed by atoms with E-state index in [1.165, 1.54) is 25.7 Å². The van der Waals surface area contributed by atoms with Gasteiger partial charge in [0, 0.05) is 6.54 Å². The Bertz CT molecular complexity index is 439. The normalized spacial score (nSPS) is 19.6. The molecule has 1 atom stereocenters. The molecule has 4 heteroatoms. The van der Waals surface area contributed by atoms with Crippen LogP contribution >= 0.6 is 0 Å². The molecule has 0 amide bonds. The molecule has 4 nitrogen and oxygen atoms in total. The summed E-state index contributed by atoms with van der Waals surface area (Å²) in [6.45, 7) is 5.33. The highest BCUT2D eigenvalue weighted by Crippen LogP contribution is 2.24. The fraction of sp³-hybridized carbons (Fsp3) is 0.588. The highest BCUT2D eigenvalue weighted by Gasteiger charge is 2.24. The third kappa shape index (κ3) is 4.46. The molecule has 1 fully saturated rings. The van der Waals surface area contributed by atoms with Crippen molar-refractivity contribution >= 4 is 5.84 Å². The SMILES string of the molecule is CCCC1CCN(CC(C(N)=NO)c2ccccc2)CC1. The molecule has 116 valence electrons. The summed E-state index contributed by atoms with van der Waals surface area (Å²) >= 11 is 0. The minimum Gasteiger partial charge on any atom is -0.409 e. The molecule has 1 unspecified atom stereocenters. The fourth-order valence-electron chi connectivity index (χ4n) is 3.25. The monoisotopic (exact) mass is 289 g/mol. The Kier molecular flexibility index (Phi) is 6.05. The summed E-state index contributed by atoms with van der Waals surface area (Å²) in [7, 11) is 0. The second-order valence-electron chi connectivity index (χ2n) is 6.02. The number of hydrogen-bond acceptors (Lipinski definition) is 3. The summed E-state index contributed by atoms with van der Waals surface area (Å²) in [6.07, 6.45) is 5.16. The topological polar surface area (TPSA) is 61.8 Å². The first-order valence-electron chi connectivity index (χ1n) is 7.99. The lowest BCUT2D eigenvalue weighted by atomic mass is 9.91. The maximum atomic E-state index is 9.05. The van der Waals surface area contributed by atoms with Gasteiger partial charge in [-0.3, -0.25) is 0 Å². The summed E-state index contributed by atoms with van der Waals surface area (Å²) in [5.41, 5.74) is 7.03. The van der Waals surface area contributed by atoms with E-state index >= 15 is 0 Å². The van der Waals surface area contributed by atoms with Crippen LogP contribution in [0.4, 0.5) is 0 Å². The van der Waals surface area contributed by atoms with Crippen molar-refractivity contribution in [2.75, 3.05) is 19.6 Å². The number of likely N-dealkylation sites (tertiary alicyclic amines) is 1. The number of amidine groups is 1. The van der Waals surface area contributed by atoms with Crippen molar-refractivity contribution in [3.63, 3.8) is 0 Å². The van der Waals surface area contributed by atoms with Gasteiger partial charge in [0.2, 0.25) is 0 Å². The van der Waals surface area contributed by atoms with Crippen LogP contribution in [0, 0.1) is 5.92 Å². The largest absolute Gasteiger partial charge is 0.409 e. The zero-order chi connectivity index (χ0) is 15.1. The van der Waals surface area contributed by atoms with Crippen molar-refractivity contribution in [3.05, 3.63) is 35.9 Å². The minimum absolute atomic E-state index is 0.0288. The van der Waals surface area contributed by atoms with Gasteiger partial charge in [-0.15, -0.1) is 0 Å². The zero-order valence-electron chi connectivity index (χ0n) is 12.9. The van der Waals surface area contributed by atoms with Crippen molar-refractivity contribution in [1.82, 2.24) is 4.90 Å². The van der Waals surface area contributed by atoms with Crippen molar-refractivity contribution in [2.45, 2.75) is 38.5 Å². The van der Waals surface area contributed by atoms with E-state index in [1.807, 2.05) is 30.3 Å². The van der Waals surface area contributed by atoms with E-state index in [1.54, 1.807) is 0 Å². The molecule has 21 heavy (non-hydrogen) atoms. The number of hydrogen-bond donors (Lipinski definition) is 2. The summed E-state index contributed by atoms with van der Waals surface area (Å²) in [6, 6.07) is 10.1. The molecule has 1 aliphatic rings. The number of benzene rings is 1. The molecule has 1 aliphatic heterocycles. The molecular formula is C17H27N3O. The molecule has 0 radical (unpaired) electrons. The lowest BCUT2D eigenvalue weighted by Crippen LogP contribution is -2.39. The second-order valence-corrected chi connectivity index (χ2v) is 6.02. The van der Waals surface area contributed by atoms with E-state index < -0.39 is 0 Å². The first kappa shape index (κ1) is 15.8. The predicted octanol–water partition coefficient (Wildman–Crippen LogP) is 3.03. The lowest BCUT2D eigenvalue weighted by molar-refractivity contribution is 0.176. The number of piperidine rings is 1. The first-order valence-corrected chi connectivity index (χ1v) is 7.99. The fourth-order valence-corrected chi connectivity index (χ4v) is 3.25. The number of nitrogens with zero attached hydrogens (tertiary/aromatic N) is 2.